The molecule has 0 aliphatic rings. The molecular formula is C17H21NO4S. The van der Waals surface area contributed by atoms with Crippen LogP contribution in [-0.4, -0.2) is 28.7 Å². The van der Waals surface area contributed by atoms with Gasteiger partial charge in [0.25, 0.3) is 0 Å². The third-order valence-corrected chi connectivity index (χ3v) is 4.33. The highest BCUT2D eigenvalue weighted by molar-refractivity contribution is 7.17. The maximum atomic E-state index is 12.6. The van der Waals surface area contributed by atoms with E-state index in [2.05, 4.69) is 0 Å². The van der Waals surface area contributed by atoms with Crippen molar-refractivity contribution in [1.29, 1.82) is 0 Å². The lowest BCUT2D eigenvalue weighted by Gasteiger charge is -2.26. The third-order valence-electron chi connectivity index (χ3n) is 3.35. The van der Waals surface area contributed by atoms with E-state index in [0.29, 0.717) is 0 Å². The van der Waals surface area contributed by atoms with Crippen molar-refractivity contribution in [3.63, 3.8) is 0 Å². The van der Waals surface area contributed by atoms with E-state index < -0.39 is 29.5 Å². The number of fused-ring (bicyclic) bond motifs is 1. The summed E-state index contributed by atoms with van der Waals surface area (Å²) >= 11 is 1.50. The molecule has 23 heavy (non-hydrogen) atoms. The Morgan fingerprint density at radius 2 is 1.96 bits per heavy atom. The van der Waals surface area contributed by atoms with Gasteiger partial charge in [-0.1, -0.05) is 18.2 Å². The van der Waals surface area contributed by atoms with Crippen molar-refractivity contribution in [1.82, 2.24) is 0 Å². The van der Waals surface area contributed by atoms with Gasteiger partial charge in [0.15, 0.2) is 0 Å². The second kappa shape index (κ2) is 6.68. The molecule has 5 nitrogen and oxygen atoms in total. The van der Waals surface area contributed by atoms with E-state index in [4.69, 9.17) is 15.6 Å². The Kier molecular flexibility index (Phi) is 5.06. The van der Waals surface area contributed by atoms with Crippen LogP contribution in [0.1, 0.15) is 38.7 Å². The SMILES string of the molecule is CC(C)(C)OC(=O)C(c1csc2ccccc12)[C@@H](N)CC(=O)O. The molecule has 2 rings (SSSR count). The first-order valence-electron chi connectivity index (χ1n) is 7.35. The fourth-order valence-electron chi connectivity index (χ4n) is 2.46. The highest BCUT2D eigenvalue weighted by atomic mass is 32.1. The number of carbonyl (C=O) groups excluding carboxylic acids is 1. The Labute approximate surface area is 139 Å². The van der Waals surface area contributed by atoms with Gasteiger partial charge < -0.3 is 15.6 Å². The number of aliphatic carboxylic acids is 1. The normalized spacial score (nSPS) is 14.4. The number of rotatable bonds is 5. The van der Waals surface area contributed by atoms with Gasteiger partial charge in [0.1, 0.15) is 5.60 Å². The van der Waals surface area contributed by atoms with E-state index >= 15 is 0 Å². The van der Waals surface area contributed by atoms with Crippen molar-refractivity contribution in [2.24, 2.45) is 5.73 Å². The van der Waals surface area contributed by atoms with Crippen LogP contribution in [-0.2, 0) is 14.3 Å². The monoisotopic (exact) mass is 335 g/mol. The highest BCUT2D eigenvalue weighted by Gasteiger charge is 2.34. The van der Waals surface area contributed by atoms with E-state index in [0.717, 1.165) is 15.6 Å². The minimum atomic E-state index is -1.04. The van der Waals surface area contributed by atoms with Gasteiger partial charge in [-0.05, 0) is 43.2 Å². The molecular weight excluding hydrogens is 314 g/mol. The van der Waals surface area contributed by atoms with E-state index in [1.807, 2.05) is 29.6 Å². The molecule has 3 N–H and O–H groups in total. The lowest BCUT2D eigenvalue weighted by Crippen LogP contribution is -2.39. The zero-order valence-corrected chi connectivity index (χ0v) is 14.2. The number of hydrogen-bond donors (Lipinski definition) is 2. The minimum Gasteiger partial charge on any atom is -0.481 e. The number of hydrogen-bond acceptors (Lipinski definition) is 5. The molecule has 0 fully saturated rings. The Hall–Kier alpha value is -1.92. The largest absolute Gasteiger partial charge is 0.481 e. The molecule has 6 heteroatoms. The third kappa shape index (κ3) is 4.30. The molecule has 0 radical (unpaired) electrons. The number of carbonyl (C=O) groups is 2. The quantitative estimate of drug-likeness (QED) is 0.819. The molecule has 1 heterocycles. The Morgan fingerprint density at radius 3 is 2.57 bits per heavy atom. The van der Waals surface area contributed by atoms with Gasteiger partial charge in [0.2, 0.25) is 0 Å². The van der Waals surface area contributed by atoms with Gasteiger partial charge >= 0.3 is 11.9 Å². The Balaban J connectivity index is 2.44. The van der Waals surface area contributed by atoms with Crippen LogP contribution in [0.15, 0.2) is 29.6 Å². The first kappa shape index (κ1) is 17.4. The van der Waals surface area contributed by atoms with Gasteiger partial charge in [-0.15, -0.1) is 11.3 Å². The van der Waals surface area contributed by atoms with E-state index in [9.17, 15) is 9.59 Å². The maximum Gasteiger partial charge on any atom is 0.315 e. The molecule has 1 aromatic carbocycles. The molecule has 0 saturated carbocycles. The van der Waals surface area contributed by atoms with Crippen LogP contribution in [0.5, 0.6) is 0 Å². The van der Waals surface area contributed by atoms with Gasteiger partial charge in [-0.25, -0.2) is 0 Å². The zero-order valence-electron chi connectivity index (χ0n) is 13.4. The van der Waals surface area contributed by atoms with Crippen molar-refractivity contribution in [3.8, 4) is 0 Å². The van der Waals surface area contributed by atoms with Crippen LogP contribution >= 0.6 is 11.3 Å². The number of benzene rings is 1. The number of carboxylic acids is 1. The molecule has 0 saturated heterocycles. The summed E-state index contributed by atoms with van der Waals surface area (Å²) in [7, 11) is 0. The predicted octanol–water partition coefficient (Wildman–Crippen LogP) is 3.13. The summed E-state index contributed by atoms with van der Waals surface area (Å²) in [6.45, 7) is 5.32. The van der Waals surface area contributed by atoms with Crippen LogP contribution in [0, 0.1) is 0 Å². The molecule has 2 aromatic rings. The van der Waals surface area contributed by atoms with Crippen LogP contribution in [0.25, 0.3) is 10.1 Å². The zero-order chi connectivity index (χ0) is 17.2. The van der Waals surface area contributed by atoms with E-state index in [1.54, 1.807) is 20.8 Å². The number of thiophene rings is 1. The Morgan fingerprint density at radius 1 is 1.30 bits per heavy atom. The summed E-state index contributed by atoms with van der Waals surface area (Å²) < 4.78 is 6.49. The first-order chi connectivity index (χ1) is 10.7. The number of ether oxygens (including phenoxy) is 1. The first-order valence-corrected chi connectivity index (χ1v) is 8.23. The lowest BCUT2D eigenvalue weighted by atomic mass is 9.89. The van der Waals surface area contributed by atoms with E-state index in [-0.39, 0.29) is 6.42 Å². The predicted molar refractivity (Wildman–Crippen MR) is 90.6 cm³/mol. The van der Waals surface area contributed by atoms with Gasteiger partial charge in [0.05, 0.1) is 12.3 Å². The molecule has 0 aliphatic carbocycles. The van der Waals surface area contributed by atoms with Crippen LogP contribution in [0.3, 0.4) is 0 Å². The molecule has 0 spiro atoms. The number of carboxylic acid groups (broad SMARTS) is 1. The fraction of sp³-hybridized carbons (Fsp3) is 0.412. The van der Waals surface area contributed by atoms with Crippen LogP contribution < -0.4 is 5.73 Å². The molecule has 1 aromatic heterocycles. The second-order valence-electron chi connectivity index (χ2n) is 6.46. The maximum absolute atomic E-state index is 12.6. The van der Waals surface area contributed by atoms with Gasteiger partial charge in [0, 0.05) is 10.7 Å². The molecule has 2 atom stereocenters. The second-order valence-corrected chi connectivity index (χ2v) is 7.37. The minimum absolute atomic E-state index is 0.298. The van der Waals surface area contributed by atoms with Crippen LogP contribution in [0.4, 0.5) is 0 Å². The average molecular weight is 335 g/mol. The molecule has 0 aliphatic heterocycles. The Bertz CT molecular complexity index is 717. The summed E-state index contributed by atoms with van der Waals surface area (Å²) in [5, 5.41) is 11.8. The molecule has 1 unspecified atom stereocenters. The molecule has 124 valence electrons. The standard InChI is InChI=1S/C17H21NO4S/c1-17(2,3)22-16(21)15(12(18)8-14(19)20)11-9-23-13-7-5-4-6-10(11)13/h4-7,9,12,15H,8,18H2,1-3H3,(H,19,20)/t12-,15?/m0/s1. The van der Waals surface area contributed by atoms with Crippen molar-refractivity contribution in [3.05, 3.63) is 35.2 Å². The van der Waals surface area contributed by atoms with E-state index in [1.165, 1.54) is 11.3 Å². The van der Waals surface area contributed by atoms with Crippen LogP contribution in [0.2, 0.25) is 0 Å². The molecule has 0 amide bonds. The van der Waals surface area contributed by atoms with Crippen molar-refractivity contribution in [2.45, 2.75) is 44.8 Å². The summed E-state index contributed by atoms with van der Waals surface area (Å²) in [6.07, 6.45) is -0.298. The fourth-order valence-corrected chi connectivity index (χ4v) is 3.45. The summed E-state index contributed by atoms with van der Waals surface area (Å²) in [5.74, 6) is -2.33. The van der Waals surface area contributed by atoms with Crippen molar-refractivity contribution < 1.29 is 19.4 Å². The number of nitrogens with two attached hydrogens (primary N) is 1. The summed E-state index contributed by atoms with van der Waals surface area (Å²) in [5.41, 5.74) is 6.11. The summed E-state index contributed by atoms with van der Waals surface area (Å²) in [6, 6.07) is 6.82. The number of esters is 1. The average Bonchev–Trinajstić information content (AvgIpc) is 2.80. The van der Waals surface area contributed by atoms with Crippen molar-refractivity contribution >= 4 is 33.4 Å². The van der Waals surface area contributed by atoms with Crippen molar-refractivity contribution in [2.75, 3.05) is 0 Å². The van der Waals surface area contributed by atoms with Gasteiger partial charge in [-0.2, -0.15) is 0 Å². The molecule has 0 bridgehead atoms. The highest BCUT2D eigenvalue weighted by Crippen LogP contribution is 2.34. The lowest BCUT2D eigenvalue weighted by molar-refractivity contribution is -0.157. The topological polar surface area (TPSA) is 89.6 Å². The summed E-state index contributed by atoms with van der Waals surface area (Å²) in [4.78, 5) is 23.7. The van der Waals surface area contributed by atoms with Gasteiger partial charge in [-0.3, -0.25) is 9.59 Å². The smallest absolute Gasteiger partial charge is 0.315 e.